The highest BCUT2D eigenvalue weighted by atomic mass is 16.6. The van der Waals surface area contributed by atoms with Crippen LogP contribution in [0.5, 0.6) is 0 Å². The maximum absolute atomic E-state index is 13.5. The van der Waals surface area contributed by atoms with Crippen LogP contribution in [-0.4, -0.2) is 65.1 Å². The molecule has 3 rings (SSSR count). The number of nitrogens with one attached hydrogen (secondary N) is 1. The van der Waals surface area contributed by atoms with E-state index < -0.39 is 5.60 Å². The van der Waals surface area contributed by atoms with Crippen molar-refractivity contribution in [2.24, 2.45) is 0 Å². The molecule has 1 aliphatic rings. The van der Waals surface area contributed by atoms with E-state index in [9.17, 15) is 9.59 Å². The van der Waals surface area contributed by atoms with Gasteiger partial charge >= 0.3 is 6.09 Å². The molecule has 0 aliphatic carbocycles. The van der Waals surface area contributed by atoms with Crippen LogP contribution in [0.25, 0.3) is 11.3 Å². The summed E-state index contributed by atoms with van der Waals surface area (Å²) in [5.74, 6) is -0.146. The molecule has 1 aromatic carbocycles. The molecule has 33 heavy (non-hydrogen) atoms. The van der Waals surface area contributed by atoms with Crippen LogP contribution in [0.15, 0.2) is 36.5 Å². The molecule has 1 aliphatic heterocycles. The van der Waals surface area contributed by atoms with Crippen LogP contribution >= 0.6 is 0 Å². The van der Waals surface area contributed by atoms with Gasteiger partial charge in [-0.05, 0) is 33.6 Å². The van der Waals surface area contributed by atoms with Gasteiger partial charge in [-0.2, -0.15) is 0 Å². The van der Waals surface area contributed by atoms with Crippen LogP contribution in [0.2, 0.25) is 0 Å². The fourth-order valence-corrected chi connectivity index (χ4v) is 3.85. The molecular weight excluding hydrogens is 418 g/mol. The Labute approximate surface area is 196 Å². The second kappa shape index (κ2) is 10.1. The lowest BCUT2D eigenvalue weighted by atomic mass is 10.1. The quantitative estimate of drug-likeness (QED) is 0.679. The minimum absolute atomic E-state index is 0.107. The fraction of sp³-hybridized carbons (Fsp3) is 0.480. The van der Waals surface area contributed by atoms with Gasteiger partial charge in [0.2, 0.25) is 0 Å². The van der Waals surface area contributed by atoms with E-state index in [1.54, 1.807) is 23.0 Å². The number of likely N-dealkylation sites (N-methyl/N-ethyl adjacent to an activating group) is 1. The summed E-state index contributed by atoms with van der Waals surface area (Å²) >= 11 is 0. The number of hydrogen-bond acceptors (Lipinski definition) is 6. The van der Waals surface area contributed by atoms with Crippen molar-refractivity contribution < 1.29 is 14.3 Å². The Morgan fingerprint density at radius 1 is 1.27 bits per heavy atom. The van der Waals surface area contributed by atoms with E-state index in [2.05, 4.69) is 17.2 Å². The molecule has 8 heteroatoms. The highest BCUT2D eigenvalue weighted by molar-refractivity contribution is 6.04. The van der Waals surface area contributed by atoms with Crippen molar-refractivity contribution in [3.05, 3.63) is 42.1 Å². The Hall–Kier alpha value is -3.29. The molecule has 2 heterocycles. The first kappa shape index (κ1) is 24.4. The Bertz CT molecular complexity index is 988. The number of aromatic nitrogens is 1. The number of nitrogens with two attached hydrogens (primary N) is 1. The summed E-state index contributed by atoms with van der Waals surface area (Å²) in [5, 5.41) is 3.33. The number of pyridine rings is 1. The standard InChI is InChI=1S/C25H35N5O3/c1-6-13-27-22-19(15-28-21(20(22)26)17-10-8-7-9-11-17)23(31)30-14-12-18(16-30)29(5)24(32)33-25(2,3)4/h7-11,15,18H,6,12-14,16,26H2,1-5H3,(H,27,28). The van der Waals surface area contributed by atoms with E-state index >= 15 is 0 Å². The van der Waals surface area contributed by atoms with Crippen molar-refractivity contribution in [3.8, 4) is 11.3 Å². The number of hydrogen-bond donors (Lipinski definition) is 2. The third kappa shape index (κ3) is 5.74. The number of rotatable bonds is 6. The molecule has 1 aromatic heterocycles. The number of carbonyl (C=O) groups excluding carboxylic acids is 2. The summed E-state index contributed by atoms with van der Waals surface area (Å²) in [4.78, 5) is 33.8. The van der Waals surface area contributed by atoms with E-state index in [1.807, 2.05) is 51.1 Å². The molecule has 0 bridgehead atoms. The first-order valence-corrected chi connectivity index (χ1v) is 11.4. The summed E-state index contributed by atoms with van der Waals surface area (Å²) in [7, 11) is 1.72. The van der Waals surface area contributed by atoms with Crippen molar-refractivity contribution >= 4 is 23.4 Å². The summed E-state index contributed by atoms with van der Waals surface area (Å²) in [6, 6.07) is 9.58. The lowest BCUT2D eigenvalue weighted by molar-refractivity contribution is 0.0226. The number of likely N-dealkylation sites (tertiary alicyclic amines) is 1. The number of carbonyl (C=O) groups is 2. The highest BCUT2D eigenvalue weighted by Gasteiger charge is 2.34. The predicted octanol–water partition coefficient (Wildman–Crippen LogP) is 4.23. The molecule has 178 valence electrons. The van der Waals surface area contributed by atoms with Crippen LogP contribution in [0, 0.1) is 0 Å². The smallest absolute Gasteiger partial charge is 0.410 e. The Morgan fingerprint density at radius 3 is 2.61 bits per heavy atom. The normalized spacial score (nSPS) is 15.9. The molecule has 2 amide bonds. The summed E-state index contributed by atoms with van der Waals surface area (Å²) < 4.78 is 5.47. The number of amides is 2. The average molecular weight is 454 g/mol. The zero-order valence-electron chi connectivity index (χ0n) is 20.2. The zero-order chi connectivity index (χ0) is 24.2. The van der Waals surface area contributed by atoms with Gasteiger partial charge in [0.15, 0.2) is 0 Å². The molecule has 1 atom stereocenters. The van der Waals surface area contributed by atoms with E-state index in [0.717, 1.165) is 12.0 Å². The topological polar surface area (TPSA) is 101 Å². The summed E-state index contributed by atoms with van der Waals surface area (Å²) in [6.07, 6.45) is 2.79. The van der Waals surface area contributed by atoms with Crippen LogP contribution in [0.4, 0.5) is 16.2 Å². The zero-order valence-corrected chi connectivity index (χ0v) is 20.2. The SMILES string of the molecule is CCCNc1c(C(=O)N2CCC(N(C)C(=O)OC(C)(C)C)C2)cnc(-c2ccccc2)c1N. The summed E-state index contributed by atoms with van der Waals surface area (Å²) in [5.41, 5.74) is 9.00. The Morgan fingerprint density at radius 2 is 1.97 bits per heavy atom. The first-order valence-electron chi connectivity index (χ1n) is 11.4. The molecule has 0 radical (unpaired) electrons. The number of anilines is 2. The fourth-order valence-electron chi connectivity index (χ4n) is 3.85. The minimum Gasteiger partial charge on any atom is -0.444 e. The van der Waals surface area contributed by atoms with Gasteiger partial charge in [0.25, 0.3) is 5.91 Å². The van der Waals surface area contributed by atoms with Crippen molar-refractivity contribution in [2.75, 3.05) is 37.7 Å². The van der Waals surface area contributed by atoms with Gasteiger partial charge in [-0.25, -0.2) is 4.79 Å². The number of nitrogens with zero attached hydrogens (tertiary/aromatic N) is 3. The minimum atomic E-state index is -0.566. The molecule has 8 nitrogen and oxygen atoms in total. The van der Waals surface area contributed by atoms with Crippen LogP contribution in [0.3, 0.4) is 0 Å². The molecule has 0 spiro atoms. The lowest BCUT2D eigenvalue weighted by Crippen LogP contribution is -2.42. The Kier molecular flexibility index (Phi) is 7.46. The van der Waals surface area contributed by atoms with Gasteiger partial charge in [-0.3, -0.25) is 9.78 Å². The van der Waals surface area contributed by atoms with Gasteiger partial charge in [-0.15, -0.1) is 0 Å². The molecule has 0 saturated carbocycles. The van der Waals surface area contributed by atoms with Crippen molar-refractivity contribution in [2.45, 2.75) is 52.2 Å². The van der Waals surface area contributed by atoms with E-state index in [4.69, 9.17) is 10.5 Å². The first-order chi connectivity index (χ1) is 15.6. The number of ether oxygens (including phenoxy) is 1. The maximum atomic E-state index is 13.5. The largest absolute Gasteiger partial charge is 0.444 e. The van der Waals surface area contributed by atoms with Crippen LogP contribution in [0.1, 0.15) is 50.9 Å². The number of nitrogen functional groups attached to an aromatic ring is 1. The molecule has 1 saturated heterocycles. The Balaban J connectivity index is 1.82. The van der Waals surface area contributed by atoms with Gasteiger partial charge < -0.3 is 25.6 Å². The lowest BCUT2D eigenvalue weighted by Gasteiger charge is -2.28. The monoisotopic (exact) mass is 453 g/mol. The molecule has 1 fully saturated rings. The van der Waals surface area contributed by atoms with Crippen molar-refractivity contribution in [1.82, 2.24) is 14.8 Å². The molecule has 3 N–H and O–H groups in total. The molecular formula is C25H35N5O3. The van der Waals surface area contributed by atoms with Crippen molar-refractivity contribution in [3.63, 3.8) is 0 Å². The van der Waals surface area contributed by atoms with Crippen molar-refractivity contribution in [1.29, 1.82) is 0 Å². The van der Waals surface area contributed by atoms with Crippen LogP contribution in [-0.2, 0) is 4.74 Å². The average Bonchev–Trinajstić information content (AvgIpc) is 3.26. The van der Waals surface area contributed by atoms with Gasteiger partial charge in [0.05, 0.1) is 28.7 Å². The van der Waals surface area contributed by atoms with E-state index in [0.29, 0.717) is 48.7 Å². The molecule has 1 unspecified atom stereocenters. The van der Waals surface area contributed by atoms with Gasteiger partial charge in [0, 0.05) is 38.4 Å². The molecule has 2 aromatic rings. The van der Waals surface area contributed by atoms with Gasteiger partial charge in [0.1, 0.15) is 5.60 Å². The predicted molar refractivity (Wildman–Crippen MR) is 131 cm³/mol. The second-order valence-electron chi connectivity index (χ2n) is 9.39. The third-order valence-corrected chi connectivity index (χ3v) is 5.63. The second-order valence-corrected chi connectivity index (χ2v) is 9.39. The van der Waals surface area contributed by atoms with E-state index in [1.165, 1.54) is 0 Å². The van der Waals surface area contributed by atoms with Crippen LogP contribution < -0.4 is 11.1 Å². The van der Waals surface area contributed by atoms with E-state index in [-0.39, 0.29) is 18.0 Å². The summed E-state index contributed by atoms with van der Waals surface area (Å²) in [6.45, 7) is 9.24. The third-order valence-electron chi connectivity index (χ3n) is 5.63. The number of benzene rings is 1. The van der Waals surface area contributed by atoms with Gasteiger partial charge in [-0.1, -0.05) is 37.3 Å². The maximum Gasteiger partial charge on any atom is 0.410 e. The highest BCUT2D eigenvalue weighted by Crippen LogP contribution is 2.34.